The number of hydrogen-bond donors (Lipinski definition) is 2. The van der Waals surface area contributed by atoms with Gasteiger partial charge in [0.1, 0.15) is 5.52 Å². The van der Waals surface area contributed by atoms with Crippen LogP contribution in [0.5, 0.6) is 0 Å². The van der Waals surface area contributed by atoms with Crippen LogP contribution in [0.25, 0.3) is 11.0 Å². The number of carbonyl (C=O) groups is 2. The van der Waals surface area contributed by atoms with E-state index in [0.29, 0.717) is 28.4 Å². The van der Waals surface area contributed by atoms with Gasteiger partial charge >= 0.3 is 0 Å². The molecule has 1 aromatic carbocycles. The minimum Gasteiger partial charge on any atom is -0.286 e. The number of amides is 2. The summed E-state index contributed by atoms with van der Waals surface area (Å²) in [5.41, 5.74) is 1.15. The number of nitrogens with two attached hydrogens (primary N) is 1. The summed E-state index contributed by atoms with van der Waals surface area (Å²) >= 11 is 0. The molecule has 0 bridgehead atoms. The molecule has 0 unspecified atom stereocenters. The van der Waals surface area contributed by atoms with E-state index in [1.807, 2.05) is 6.07 Å². The van der Waals surface area contributed by atoms with Gasteiger partial charge in [-0.25, -0.2) is 20.9 Å². The average molecular weight is 360 g/mol. The Labute approximate surface area is 151 Å². The number of carbonyl (C=O) groups excluding carboxylic acids is 2. The maximum absolute atomic E-state index is 12.7. The van der Waals surface area contributed by atoms with Crippen molar-refractivity contribution < 1.29 is 14.8 Å². The summed E-state index contributed by atoms with van der Waals surface area (Å²) in [5.74, 6) is 5.23. The summed E-state index contributed by atoms with van der Waals surface area (Å²) in [6.07, 6.45) is 2.44. The van der Waals surface area contributed by atoms with Gasteiger partial charge in [-0.15, -0.1) is 10.2 Å². The predicted molar refractivity (Wildman–Crippen MR) is 95.7 cm³/mol. The summed E-state index contributed by atoms with van der Waals surface area (Å²) in [5, 5.41) is 18.7. The van der Waals surface area contributed by atoms with Crippen LogP contribution in [0.4, 0.5) is 5.95 Å². The second kappa shape index (κ2) is 9.16. The smallest absolute Gasteiger partial charge is 0.267 e. The molecule has 0 aliphatic rings. The molecule has 9 nitrogen and oxygen atoms in total. The fraction of sp³-hybridized carbons (Fsp3) is 0.471. The number of rotatable bonds is 9. The molecule has 1 aromatic heterocycles. The maximum atomic E-state index is 12.7. The van der Waals surface area contributed by atoms with Crippen molar-refractivity contribution >= 4 is 29.3 Å². The molecule has 0 aliphatic heterocycles. The lowest BCUT2D eigenvalue weighted by Crippen LogP contribution is -2.46. The first-order valence-electron chi connectivity index (χ1n) is 8.51. The number of fused-ring (bicyclic) bond motifs is 1. The molecule has 1 atom stereocenters. The molecular weight excluding hydrogens is 336 g/mol. The number of nitrogens with zero attached hydrogens (tertiary/aromatic N) is 5. The Kier molecular flexibility index (Phi) is 6.93. The van der Waals surface area contributed by atoms with Crippen LogP contribution in [0.2, 0.25) is 0 Å². The highest BCUT2D eigenvalue weighted by Crippen LogP contribution is 2.18. The number of para-hydroxylation sites is 1. The van der Waals surface area contributed by atoms with Gasteiger partial charge in [-0.1, -0.05) is 38.8 Å². The van der Waals surface area contributed by atoms with Crippen molar-refractivity contribution in [3.8, 4) is 0 Å². The normalized spacial score (nSPS) is 12.2. The molecule has 0 radical (unpaired) electrons. The van der Waals surface area contributed by atoms with E-state index in [0.717, 1.165) is 17.9 Å². The van der Waals surface area contributed by atoms with E-state index in [2.05, 4.69) is 29.0 Å². The summed E-state index contributed by atoms with van der Waals surface area (Å²) < 4.78 is 0. The monoisotopic (exact) mass is 360 g/mol. The molecule has 3 N–H and O–H groups in total. The Hall–Kier alpha value is -2.65. The molecule has 0 fully saturated rings. The van der Waals surface area contributed by atoms with Gasteiger partial charge in [-0.05, 0) is 24.5 Å². The van der Waals surface area contributed by atoms with Crippen LogP contribution in [0.15, 0.2) is 24.3 Å². The van der Waals surface area contributed by atoms with Crippen LogP contribution in [-0.4, -0.2) is 44.3 Å². The van der Waals surface area contributed by atoms with Crippen LogP contribution < -0.4 is 10.9 Å². The predicted octanol–water partition coefficient (Wildman–Crippen LogP) is 1.52. The van der Waals surface area contributed by atoms with Gasteiger partial charge in [-0.2, -0.15) is 0 Å². The minimum atomic E-state index is -0.663. The zero-order valence-electron chi connectivity index (χ0n) is 14.9. The summed E-state index contributed by atoms with van der Waals surface area (Å²) in [6.45, 7) is 4.03. The molecule has 2 aromatic rings. The largest absolute Gasteiger partial charge is 0.286 e. The molecule has 2 rings (SSSR count). The number of hydroxylamine groups is 2. The average Bonchev–Trinajstić information content (AvgIpc) is 2.65. The summed E-state index contributed by atoms with van der Waals surface area (Å²) in [6, 6.07) is 7.10. The van der Waals surface area contributed by atoms with Gasteiger partial charge < -0.3 is 0 Å². The highest BCUT2D eigenvalue weighted by atomic mass is 16.5. The van der Waals surface area contributed by atoms with Gasteiger partial charge in [0.2, 0.25) is 12.3 Å². The quantitative estimate of drug-likeness (QED) is 0.228. The molecule has 0 aliphatic carbocycles. The van der Waals surface area contributed by atoms with Crippen LogP contribution in [0.1, 0.15) is 33.1 Å². The third kappa shape index (κ3) is 5.17. The van der Waals surface area contributed by atoms with E-state index in [1.54, 1.807) is 18.2 Å². The molecule has 0 saturated heterocycles. The van der Waals surface area contributed by atoms with Gasteiger partial charge in [-0.3, -0.25) is 14.8 Å². The first-order chi connectivity index (χ1) is 12.4. The number of hydrazine groups is 1. The van der Waals surface area contributed by atoms with Crippen molar-refractivity contribution in [3.63, 3.8) is 0 Å². The molecule has 0 saturated carbocycles. The standard InChI is InChI=1S/C17H24N6O3/c1-12(2)6-5-7-13(10-22(26)11-24)16(25)23(18)17-19-14-8-3-4-9-15(14)20-21-17/h3-4,8-9,11-13,26H,5-7,10,18H2,1-2H3/t13-/m0/s1. The fourth-order valence-electron chi connectivity index (χ4n) is 2.60. The lowest BCUT2D eigenvalue weighted by atomic mass is 9.97. The van der Waals surface area contributed by atoms with Crippen molar-refractivity contribution in [2.45, 2.75) is 33.1 Å². The van der Waals surface area contributed by atoms with Gasteiger partial charge in [0.05, 0.1) is 18.0 Å². The molecule has 26 heavy (non-hydrogen) atoms. The van der Waals surface area contributed by atoms with Crippen LogP contribution in [0.3, 0.4) is 0 Å². The molecule has 140 valence electrons. The Morgan fingerprint density at radius 1 is 1.23 bits per heavy atom. The Balaban J connectivity index is 2.16. The second-order valence-electron chi connectivity index (χ2n) is 6.56. The topological polar surface area (TPSA) is 126 Å². The van der Waals surface area contributed by atoms with Crippen molar-refractivity contribution in [3.05, 3.63) is 24.3 Å². The zero-order chi connectivity index (χ0) is 19.1. The molecule has 9 heteroatoms. The molecular formula is C17H24N6O3. The van der Waals surface area contributed by atoms with E-state index < -0.39 is 11.8 Å². The van der Waals surface area contributed by atoms with Crippen molar-refractivity contribution in [2.75, 3.05) is 11.6 Å². The number of benzene rings is 1. The molecule has 2 amide bonds. The van der Waals surface area contributed by atoms with Crippen molar-refractivity contribution in [2.24, 2.45) is 17.7 Å². The lowest BCUT2D eigenvalue weighted by Gasteiger charge is -2.23. The second-order valence-corrected chi connectivity index (χ2v) is 6.56. The Morgan fingerprint density at radius 2 is 1.92 bits per heavy atom. The van der Waals surface area contributed by atoms with E-state index in [9.17, 15) is 14.8 Å². The third-order valence-corrected chi connectivity index (χ3v) is 4.01. The number of aromatic nitrogens is 3. The van der Waals surface area contributed by atoms with E-state index in [1.165, 1.54) is 0 Å². The van der Waals surface area contributed by atoms with E-state index in [4.69, 9.17) is 5.84 Å². The van der Waals surface area contributed by atoms with E-state index in [-0.39, 0.29) is 18.9 Å². The minimum absolute atomic E-state index is 0.0295. The van der Waals surface area contributed by atoms with Crippen molar-refractivity contribution in [1.82, 2.24) is 20.2 Å². The highest BCUT2D eigenvalue weighted by molar-refractivity contribution is 5.93. The van der Waals surface area contributed by atoms with Gasteiger partial charge in [0.15, 0.2) is 0 Å². The Bertz CT molecular complexity index is 754. The van der Waals surface area contributed by atoms with Crippen molar-refractivity contribution in [1.29, 1.82) is 0 Å². The Morgan fingerprint density at radius 3 is 2.58 bits per heavy atom. The molecule has 0 spiro atoms. The van der Waals surface area contributed by atoms with Crippen LogP contribution in [0, 0.1) is 11.8 Å². The van der Waals surface area contributed by atoms with Gasteiger partial charge in [0, 0.05) is 0 Å². The van der Waals surface area contributed by atoms with Gasteiger partial charge in [0.25, 0.3) is 5.95 Å². The SMILES string of the molecule is CC(C)CCC[C@@H](CN(O)C=O)C(=O)N(N)c1nnc2ccccc2n1. The lowest BCUT2D eigenvalue weighted by molar-refractivity contribution is -0.154. The van der Waals surface area contributed by atoms with Crippen LogP contribution >= 0.6 is 0 Å². The first-order valence-corrected chi connectivity index (χ1v) is 8.51. The first kappa shape index (κ1) is 19.7. The number of anilines is 1. The summed E-state index contributed by atoms with van der Waals surface area (Å²) in [7, 11) is 0. The maximum Gasteiger partial charge on any atom is 0.267 e. The highest BCUT2D eigenvalue weighted by Gasteiger charge is 2.27. The summed E-state index contributed by atoms with van der Waals surface area (Å²) in [4.78, 5) is 27.7. The molecule has 1 heterocycles. The zero-order valence-corrected chi connectivity index (χ0v) is 14.9. The van der Waals surface area contributed by atoms with Crippen LogP contribution in [-0.2, 0) is 9.59 Å². The third-order valence-electron chi connectivity index (χ3n) is 4.01. The number of hydrogen-bond acceptors (Lipinski definition) is 7. The fourth-order valence-corrected chi connectivity index (χ4v) is 2.60. The van der Waals surface area contributed by atoms with E-state index >= 15 is 0 Å².